The summed E-state index contributed by atoms with van der Waals surface area (Å²) in [6, 6.07) is 28.9. The van der Waals surface area contributed by atoms with Crippen LogP contribution < -0.4 is 10.6 Å². The number of benzene rings is 3. The maximum absolute atomic E-state index is 11.8. The lowest BCUT2D eigenvalue weighted by Crippen LogP contribution is -2.31. The van der Waals surface area contributed by atoms with E-state index in [1.807, 2.05) is 18.2 Å². The van der Waals surface area contributed by atoms with Gasteiger partial charge in [0.05, 0.1) is 12.7 Å². The summed E-state index contributed by atoms with van der Waals surface area (Å²) in [5.41, 5.74) is 4.10. The molecule has 0 spiro atoms. The molecule has 0 saturated heterocycles. The highest BCUT2D eigenvalue weighted by Gasteiger charge is 2.33. The van der Waals surface area contributed by atoms with Crippen molar-refractivity contribution < 1.29 is 14.3 Å². The van der Waals surface area contributed by atoms with Crippen LogP contribution in [0.4, 0.5) is 0 Å². The molecule has 0 aliphatic carbocycles. The lowest BCUT2D eigenvalue weighted by atomic mass is 9.68. The number of hydrogen-bond acceptors (Lipinski definition) is 4. The molecular formula is C30H36N2O3. The summed E-state index contributed by atoms with van der Waals surface area (Å²) in [5.74, 6) is -0.308. The van der Waals surface area contributed by atoms with Crippen molar-refractivity contribution in [2.75, 3.05) is 20.2 Å². The first-order valence-electron chi connectivity index (χ1n) is 12.3. The number of hydrogen-bond donors (Lipinski definition) is 2. The molecule has 5 nitrogen and oxygen atoms in total. The molecule has 3 aromatic rings. The summed E-state index contributed by atoms with van der Waals surface area (Å²) in [7, 11) is 1.40. The second kappa shape index (κ2) is 13.4. The van der Waals surface area contributed by atoms with Crippen molar-refractivity contribution in [1.29, 1.82) is 0 Å². The fraction of sp³-hybridized carbons (Fsp3) is 0.333. The molecule has 184 valence electrons. The Balaban J connectivity index is 1.70. The summed E-state index contributed by atoms with van der Waals surface area (Å²) in [5, 5.41) is 6.48. The van der Waals surface area contributed by atoms with Crippen LogP contribution in [0, 0.1) is 0 Å². The monoisotopic (exact) mass is 472 g/mol. The molecule has 3 rings (SSSR count). The van der Waals surface area contributed by atoms with Crippen molar-refractivity contribution >= 4 is 11.9 Å². The molecule has 0 aliphatic rings. The molecule has 1 amide bonds. The fourth-order valence-corrected chi connectivity index (χ4v) is 4.71. The fourth-order valence-electron chi connectivity index (χ4n) is 4.71. The van der Waals surface area contributed by atoms with Gasteiger partial charge in [0.1, 0.15) is 0 Å². The van der Waals surface area contributed by atoms with Crippen LogP contribution in [0.2, 0.25) is 0 Å². The van der Waals surface area contributed by atoms with Crippen LogP contribution in [0.1, 0.15) is 59.7 Å². The maximum atomic E-state index is 11.8. The predicted octanol–water partition coefficient (Wildman–Crippen LogP) is 5.25. The van der Waals surface area contributed by atoms with Gasteiger partial charge in [-0.15, -0.1) is 0 Å². The summed E-state index contributed by atoms with van der Waals surface area (Å²) < 4.78 is 4.83. The number of esters is 1. The van der Waals surface area contributed by atoms with Crippen molar-refractivity contribution in [3.05, 3.63) is 107 Å². The number of carbonyl (C=O) groups is 2. The minimum absolute atomic E-state index is 0.00971. The van der Waals surface area contributed by atoms with Gasteiger partial charge in [-0.3, -0.25) is 4.79 Å². The van der Waals surface area contributed by atoms with Crippen LogP contribution in [0.3, 0.4) is 0 Å². The van der Waals surface area contributed by atoms with Crippen LogP contribution in [-0.2, 0) is 21.5 Å². The van der Waals surface area contributed by atoms with E-state index in [0.717, 1.165) is 37.8 Å². The molecule has 0 unspecified atom stereocenters. The number of carbonyl (C=O) groups excluding carboxylic acids is 2. The second-order valence-corrected chi connectivity index (χ2v) is 8.87. The van der Waals surface area contributed by atoms with Crippen LogP contribution in [0.15, 0.2) is 84.9 Å². The zero-order chi connectivity index (χ0) is 24.9. The number of methoxy groups -OCH3 is 1. The molecule has 35 heavy (non-hydrogen) atoms. The van der Waals surface area contributed by atoms with Crippen LogP contribution in [0.25, 0.3) is 0 Å². The van der Waals surface area contributed by atoms with Gasteiger partial charge in [-0.2, -0.15) is 0 Å². The third kappa shape index (κ3) is 7.52. The summed E-state index contributed by atoms with van der Waals surface area (Å²) in [6.45, 7) is 3.78. The first-order chi connectivity index (χ1) is 17.0. The van der Waals surface area contributed by atoms with E-state index >= 15 is 0 Å². The van der Waals surface area contributed by atoms with Gasteiger partial charge < -0.3 is 15.4 Å². The quantitative estimate of drug-likeness (QED) is 0.264. The van der Waals surface area contributed by atoms with Crippen molar-refractivity contribution in [2.24, 2.45) is 0 Å². The minimum atomic E-state index is -0.318. The van der Waals surface area contributed by atoms with Gasteiger partial charge in [-0.25, -0.2) is 4.79 Å². The van der Waals surface area contributed by atoms with Gasteiger partial charge in [0.2, 0.25) is 5.91 Å². The molecule has 0 radical (unpaired) electrons. The highest BCUT2D eigenvalue weighted by molar-refractivity contribution is 5.89. The van der Waals surface area contributed by atoms with E-state index in [9.17, 15) is 9.59 Å². The molecule has 0 fully saturated rings. The second-order valence-electron chi connectivity index (χ2n) is 8.87. The van der Waals surface area contributed by atoms with E-state index in [1.54, 1.807) is 13.0 Å². The third-order valence-electron chi connectivity index (χ3n) is 6.44. The van der Waals surface area contributed by atoms with E-state index in [2.05, 4.69) is 71.3 Å². The van der Waals surface area contributed by atoms with Crippen LogP contribution >= 0.6 is 0 Å². The zero-order valence-corrected chi connectivity index (χ0v) is 20.8. The molecule has 0 aromatic heterocycles. The minimum Gasteiger partial charge on any atom is -0.465 e. The third-order valence-corrected chi connectivity index (χ3v) is 6.44. The Morgan fingerprint density at radius 3 is 1.97 bits per heavy atom. The van der Waals surface area contributed by atoms with Crippen molar-refractivity contribution in [3.63, 3.8) is 0 Å². The molecule has 0 aliphatic heterocycles. The average Bonchev–Trinajstić information content (AvgIpc) is 2.90. The summed E-state index contributed by atoms with van der Waals surface area (Å²) >= 11 is 0. The molecule has 0 bridgehead atoms. The Labute approximate surface area is 208 Å². The predicted molar refractivity (Wildman–Crippen MR) is 140 cm³/mol. The Kier molecular flexibility index (Phi) is 10.1. The topological polar surface area (TPSA) is 67.4 Å². The Bertz CT molecular complexity index is 1030. The zero-order valence-electron chi connectivity index (χ0n) is 20.8. The average molecular weight is 473 g/mol. The van der Waals surface area contributed by atoms with Gasteiger partial charge in [0.15, 0.2) is 0 Å². The lowest BCUT2D eigenvalue weighted by Gasteiger charge is -2.36. The molecular weight excluding hydrogens is 436 g/mol. The van der Waals surface area contributed by atoms with Gasteiger partial charge in [0.25, 0.3) is 0 Å². The van der Waals surface area contributed by atoms with Crippen LogP contribution in [-0.4, -0.2) is 32.1 Å². The molecule has 0 saturated carbocycles. The Morgan fingerprint density at radius 1 is 0.800 bits per heavy atom. The molecule has 0 atom stereocenters. The van der Waals surface area contributed by atoms with Crippen molar-refractivity contribution in [3.8, 4) is 0 Å². The summed E-state index contributed by atoms with van der Waals surface area (Å²) in [6.07, 6.45) is 3.82. The first-order valence-corrected chi connectivity index (χ1v) is 12.3. The van der Waals surface area contributed by atoms with Crippen molar-refractivity contribution in [1.82, 2.24) is 10.6 Å². The lowest BCUT2D eigenvalue weighted by molar-refractivity contribution is -0.118. The number of rotatable bonds is 13. The van der Waals surface area contributed by atoms with Gasteiger partial charge in [-0.05, 0) is 61.1 Å². The first kappa shape index (κ1) is 26.2. The highest BCUT2D eigenvalue weighted by Crippen LogP contribution is 2.40. The highest BCUT2D eigenvalue weighted by atomic mass is 16.5. The largest absolute Gasteiger partial charge is 0.465 e. The standard InChI is InChI=1S/C30H36N2O3/c1-24(33)32-21-11-19-30(27-14-5-3-6-15-27,28-16-7-4-8-17-28)18-10-20-31-23-25-12-9-13-26(22-25)29(34)35-2/h3-9,12-17,22,31H,10-11,18-21,23H2,1-2H3,(H,32,33). The molecule has 0 heterocycles. The summed E-state index contributed by atoms with van der Waals surface area (Å²) in [4.78, 5) is 23.2. The molecule has 2 N–H and O–H groups in total. The normalized spacial score (nSPS) is 11.1. The van der Waals surface area contributed by atoms with E-state index in [-0.39, 0.29) is 17.3 Å². The maximum Gasteiger partial charge on any atom is 0.337 e. The number of amides is 1. The Morgan fingerprint density at radius 2 is 1.40 bits per heavy atom. The van der Waals surface area contributed by atoms with Crippen LogP contribution in [0.5, 0.6) is 0 Å². The SMILES string of the molecule is COC(=O)c1cccc(CNCCCC(CCCNC(C)=O)(c2ccccc2)c2ccccc2)c1. The van der Waals surface area contributed by atoms with E-state index in [0.29, 0.717) is 18.7 Å². The van der Waals surface area contributed by atoms with E-state index in [1.165, 1.54) is 18.2 Å². The van der Waals surface area contributed by atoms with Gasteiger partial charge in [-0.1, -0.05) is 72.8 Å². The van der Waals surface area contributed by atoms with E-state index in [4.69, 9.17) is 4.74 Å². The number of ether oxygens (including phenoxy) is 1. The Hall–Kier alpha value is -3.44. The van der Waals surface area contributed by atoms with Gasteiger partial charge >= 0.3 is 5.97 Å². The molecule has 5 heteroatoms. The van der Waals surface area contributed by atoms with Crippen molar-refractivity contribution in [2.45, 2.75) is 44.6 Å². The van der Waals surface area contributed by atoms with E-state index < -0.39 is 0 Å². The van der Waals surface area contributed by atoms with Gasteiger partial charge in [0, 0.05) is 25.4 Å². The number of nitrogens with one attached hydrogen (secondary N) is 2. The smallest absolute Gasteiger partial charge is 0.337 e. The molecule has 3 aromatic carbocycles.